The number of nitrogens with zero attached hydrogens (tertiary/aromatic N) is 4. The molecule has 2 heterocycles. The van der Waals surface area contributed by atoms with Crippen molar-refractivity contribution in [3.8, 4) is 11.1 Å². The third kappa shape index (κ3) is 4.81. The second kappa shape index (κ2) is 9.46. The van der Waals surface area contributed by atoms with Gasteiger partial charge in [-0.3, -0.25) is 9.78 Å². The smallest absolute Gasteiger partial charge is 0.281 e. The van der Waals surface area contributed by atoms with Gasteiger partial charge in [-0.1, -0.05) is 30.3 Å². The van der Waals surface area contributed by atoms with Crippen LogP contribution in [0.15, 0.2) is 48.8 Å². The molecule has 2 aromatic rings. The molecule has 1 aromatic heterocycles. The highest BCUT2D eigenvalue weighted by Crippen LogP contribution is 2.38. The lowest BCUT2D eigenvalue weighted by Crippen LogP contribution is -2.48. The number of carbonyl (C=O) groups is 1. The molecule has 0 bridgehead atoms. The van der Waals surface area contributed by atoms with Crippen molar-refractivity contribution >= 4 is 16.1 Å². The first kappa shape index (κ1) is 23.4. The van der Waals surface area contributed by atoms with Crippen molar-refractivity contribution < 1.29 is 13.2 Å². The van der Waals surface area contributed by atoms with Gasteiger partial charge in [0.25, 0.3) is 10.2 Å². The topological polar surface area (TPSA) is 73.8 Å². The van der Waals surface area contributed by atoms with Crippen molar-refractivity contribution in [2.75, 3.05) is 40.3 Å². The predicted octanol–water partition coefficient (Wildman–Crippen LogP) is 2.66. The highest BCUT2D eigenvalue weighted by atomic mass is 32.2. The molecule has 1 atom stereocenters. The van der Waals surface area contributed by atoms with Crippen molar-refractivity contribution in [1.29, 1.82) is 0 Å². The van der Waals surface area contributed by atoms with Gasteiger partial charge in [-0.15, -0.1) is 0 Å². The van der Waals surface area contributed by atoms with Gasteiger partial charge < -0.3 is 4.90 Å². The van der Waals surface area contributed by atoms with Crippen LogP contribution in [0, 0.1) is 5.41 Å². The van der Waals surface area contributed by atoms with Crippen molar-refractivity contribution in [3.63, 3.8) is 0 Å². The Morgan fingerprint density at radius 1 is 1.13 bits per heavy atom. The van der Waals surface area contributed by atoms with Crippen LogP contribution in [0.3, 0.4) is 0 Å². The zero-order valence-corrected chi connectivity index (χ0v) is 19.6. The van der Waals surface area contributed by atoms with Crippen LogP contribution in [0.25, 0.3) is 11.1 Å². The molecular formula is C23H32N4O3S. The van der Waals surface area contributed by atoms with Crippen LogP contribution in [-0.4, -0.2) is 73.1 Å². The first-order valence-corrected chi connectivity index (χ1v) is 12.1. The van der Waals surface area contributed by atoms with Gasteiger partial charge in [0.1, 0.15) is 0 Å². The quantitative estimate of drug-likeness (QED) is 0.627. The van der Waals surface area contributed by atoms with Crippen molar-refractivity contribution in [3.05, 3.63) is 54.4 Å². The monoisotopic (exact) mass is 444 g/mol. The third-order valence-electron chi connectivity index (χ3n) is 6.08. The summed E-state index contributed by atoms with van der Waals surface area (Å²) in [6.07, 6.45) is 4.56. The van der Waals surface area contributed by atoms with Crippen LogP contribution in [0.5, 0.6) is 0 Å². The molecule has 1 aromatic carbocycles. The molecule has 0 aliphatic carbocycles. The van der Waals surface area contributed by atoms with E-state index in [9.17, 15) is 13.2 Å². The van der Waals surface area contributed by atoms with Crippen molar-refractivity contribution in [2.24, 2.45) is 5.41 Å². The van der Waals surface area contributed by atoms with Crippen LogP contribution in [-0.2, 0) is 21.4 Å². The molecule has 7 nitrogen and oxygen atoms in total. The number of amides is 1. The van der Waals surface area contributed by atoms with Crippen LogP contribution >= 0.6 is 0 Å². The Labute approximate surface area is 185 Å². The molecule has 1 aliphatic rings. The summed E-state index contributed by atoms with van der Waals surface area (Å²) in [5, 5.41) is 0. The Hall–Kier alpha value is -2.29. The summed E-state index contributed by atoms with van der Waals surface area (Å²) in [5.41, 5.74) is 2.29. The zero-order valence-electron chi connectivity index (χ0n) is 18.8. The average molecular weight is 445 g/mol. The summed E-state index contributed by atoms with van der Waals surface area (Å²) >= 11 is 0. The van der Waals surface area contributed by atoms with E-state index in [-0.39, 0.29) is 12.5 Å². The van der Waals surface area contributed by atoms with Crippen molar-refractivity contribution in [2.45, 2.75) is 26.7 Å². The Morgan fingerprint density at radius 2 is 1.84 bits per heavy atom. The number of rotatable bonds is 8. The van der Waals surface area contributed by atoms with E-state index in [2.05, 4.69) is 11.1 Å². The SMILES string of the molecule is CCN(CC)C(=O)C1(Cc2cccc(-c3cccnc3)c2)CCN(S(=O)(=O)N(C)C)C1. The van der Waals surface area contributed by atoms with Crippen LogP contribution in [0.1, 0.15) is 25.8 Å². The molecule has 0 saturated carbocycles. The lowest BCUT2D eigenvalue weighted by atomic mass is 9.79. The first-order valence-electron chi connectivity index (χ1n) is 10.7. The fourth-order valence-electron chi connectivity index (χ4n) is 4.29. The second-order valence-electron chi connectivity index (χ2n) is 8.25. The standard InChI is InChI=1S/C23H32N4O3S/c1-5-26(6-2)22(28)23(12-14-27(18-23)31(29,30)25(3)4)16-19-9-7-10-20(15-19)21-11-8-13-24-17-21/h7-11,13,15,17H,5-6,12,14,16,18H2,1-4H3. The van der Waals surface area contributed by atoms with E-state index in [1.807, 2.05) is 55.3 Å². The molecule has 1 aliphatic heterocycles. The number of hydrogen-bond donors (Lipinski definition) is 0. The molecule has 1 fully saturated rings. The Morgan fingerprint density at radius 3 is 2.45 bits per heavy atom. The number of benzene rings is 1. The van der Waals surface area contributed by atoms with Gasteiger partial charge in [-0.25, -0.2) is 0 Å². The second-order valence-corrected chi connectivity index (χ2v) is 10.4. The molecule has 1 unspecified atom stereocenters. The summed E-state index contributed by atoms with van der Waals surface area (Å²) in [5.74, 6) is 0.0285. The highest BCUT2D eigenvalue weighted by Gasteiger charge is 2.49. The molecular weight excluding hydrogens is 412 g/mol. The molecule has 0 radical (unpaired) electrons. The van der Waals surface area contributed by atoms with E-state index in [0.717, 1.165) is 16.7 Å². The summed E-state index contributed by atoms with van der Waals surface area (Å²) in [4.78, 5) is 19.6. The lowest BCUT2D eigenvalue weighted by Gasteiger charge is -2.34. The van der Waals surface area contributed by atoms with Crippen LogP contribution in [0.4, 0.5) is 0 Å². The van der Waals surface area contributed by atoms with E-state index in [4.69, 9.17) is 0 Å². The van der Waals surface area contributed by atoms with Gasteiger partial charge in [0.2, 0.25) is 5.91 Å². The lowest BCUT2D eigenvalue weighted by molar-refractivity contribution is -0.141. The number of hydrogen-bond acceptors (Lipinski definition) is 4. The molecule has 0 spiro atoms. The van der Waals surface area contributed by atoms with Crippen molar-refractivity contribution in [1.82, 2.24) is 18.5 Å². The maximum Gasteiger partial charge on any atom is 0.281 e. The molecule has 31 heavy (non-hydrogen) atoms. The Bertz CT molecular complexity index is 1010. The van der Waals surface area contributed by atoms with E-state index in [0.29, 0.717) is 32.5 Å². The zero-order chi connectivity index (χ0) is 22.6. The summed E-state index contributed by atoms with van der Waals surface area (Å²) in [7, 11) is -0.523. The normalized spacial score (nSPS) is 19.6. The fourth-order valence-corrected chi connectivity index (χ4v) is 5.48. The minimum Gasteiger partial charge on any atom is -0.343 e. The molecule has 3 rings (SSSR count). The van der Waals surface area contributed by atoms with Gasteiger partial charge in [0.05, 0.1) is 5.41 Å². The Kier molecular flexibility index (Phi) is 7.13. The minimum absolute atomic E-state index is 0.0285. The van der Waals surface area contributed by atoms with Gasteiger partial charge in [-0.05, 0) is 49.4 Å². The van der Waals surface area contributed by atoms with E-state index in [1.54, 1.807) is 6.20 Å². The highest BCUT2D eigenvalue weighted by molar-refractivity contribution is 7.86. The number of aromatic nitrogens is 1. The van der Waals surface area contributed by atoms with E-state index >= 15 is 0 Å². The van der Waals surface area contributed by atoms with Crippen LogP contribution < -0.4 is 0 Å². The summed E-state index contributed by atoms with van der Waals surface area (Å²) < 4.78 is 28.2. The average Bonchev–Trinajstić information content (AvgIpc) is 3.21. The third-order valence-corrected chi connectivity index (χ3v) is 7.96. The number of carbonyl (C=O) groups excluding carboxylic acids is 1. The molecule has 0 N–H and O–H groups in total. The molecule has 168 valence electrons. The minimum atomic E-state index is -3.58. The first-order chi connectivity index (χ1) is 14.7. The Balaban J connectivity index is 1.96. The maximum atomic E-state index is 13.6. The largest absolute Gasteiger partial charge is 0.343 e. The molecule has 1 saturated heterocycles. The maximum absolute atomic E-state index is 13.6. The predicted molar refractivity (Wildman–Crippen MR) is 123 cm³/mol. The molecule has 1 amide bonds. The van der Waals surface area contributed by atoms with Gasteiger partial charge in [0, 0.05) is 52.7 Å². The fraction of sp³-hybridized carbons (Fsp3) is 0.478. The van der Waals surface area contributed by atoms with E-state index < -0.39 is 15.6 Å². The van der Waals surface area contributed by atoms with Gasteiger partial charge >= 0.3 is 0 Å². The number of pyridine rings is 1. The van der Waals surface area contributed by atoms with Crippen LogP contribution in [0.2, 0.25) is 0 Å². The van der Waals surface area contributed by atoms with E-state index in [1.165, 1.54) is 22.7 Å². The van der Waals surface area contributed by atoms with Gasteiger partial charge in [-0.2, -0.15) is 17.0 Å². The summed E-state index contributed by atoms with van der Waals surface area (Å²) in [6.45, 7) is 5.67. The molecule has 8 heteroatoms. The van der Waals surface area contributed by atoms with Gasteiger partial charge in [0.15, 0.2) is 0 Å². The summed E-state index contributed by atoms with van der Waals surface area (Å²) in [6, 6.07) is 12.0.